The molecule has 1 spiro atoms. The number of aliphatic imine (C=N–C) groups is 1. The second-order valence-corrected chi connectivity index (χ2v) is 8.01. The van der Waals surface area contributed by atoms with Gasteiger partial charge >= 0.3 is 0 Å². The van der Waals surface area contributed by atoms with Crippen LogP contribution in [0.1, 0.15) is 45.2 Å². The van der Waals surface area contributed by atoms with E-state index >= 15 is 0 Å². The second kappa shape index (κ2) is 7.91. The number of hydrogen-bond donors (Lipinski definition) is 2. The van der Waals surface area contributed by atoms with Crippen LogP contribution < -0.4 is 15.5 Å². The molecular formula is C18H31N5OS. The lowest BCUT2D eigenvalue weighted by molar-refractivity contribution is -0.168. The average molecular weight is 366 g/mol. The minimum Gasteiger partial charge on any atom is -0.378 e. The van der Waals surface area contributed by atoms with Crippen molar-refractivity contribution in [3.05, 3.63) is 11.1 Å². The topological polar surface area (TPSA) is 61.8 Å². The Hall–Kier alpha value is -1.34. The van der Waals surface area contributed by atoms with Gasteiger partial charge in [-0.05, 0) is 33.1 Å². The predicted octanol–water partition coefficient (Wildman–Crippen LogP) is 2.61. The van der Waals surface area contributed by atoms with Crippen molar-refractivity contribution in [3.63, 3.8) is 0 Å². The zero-order chi connectivity index (χ0) is 17.9. The first kappa shape index (κ1) is 18.5. The molecule has 2 fully saturated rings. The van der Waals surface area contributed by atoms with Crippen LogP contribution in [0.2, 0.25) is 0 Å². The summed E-state index contributed by atoms with van der Waals surface area (Å²) in [6, 6.07) is 0.475. The third kappa shape index (κ3) is 3.77. The fourth-order valence-electron chi connectivity index (χ4n) is 3.86. The Balaban J connectivity index is 1.61. The van der Waals surface area contributed by atoms with Gasteiger partial charge in [-0.1, -0.05) is 6.42 Å². The molecule has 25 heavy (non-hydrogen) atoms. The van der Waals surface area contributed by atoms with Crippen molar-refractivity contribution in [1.29, 1.82) is 0 Å². The van der Waals surface area contributed by atoms with E-state index in [1.165, 1.54) is 19.3 Å². The lowest BCUT2D eigenvalue weighted by atomic mass is 9.51. The zero-order valence-corrected chi connectivity index (χ0v) is 16.7. The minimum atomic E-state index is 0.338. The highest BCUT2D eigenvalue weighted by Crippen LogP contribution is 2.57. The first-order chi connectivity index (χ1) is 12.1. The third-order valence-corrected chi connectivity index (χ3v) is 6.47. The van der Waals surface area contributed by atoms with Crippen LogP contribution in [0.4, 0.5) is 5.13 Å². The van der Waals surface area contributed by atoms with Gasteiger partial charge in [0.2, 0.25) is 0 Å². The molecule has 2 atom stereocenters. The third-order valence-electron chi connectivity index (χ3n) is 5.41. The number of thiazole rings is 1. The molecule has 140 valence electrons. The average Bonchev–Trinajstić information content (AvgIpc) is 2.99. The summed E-state index contributed by atoms with van der Waals surface area (Å²) in [6.45, 7) is 6.47. The van der Waals surface area contributed by atoms with Crippen LogP contribution in [-0.4, -0.2) is 50.3 Å². The summed E-state index contributed by atoms with van der Waals surface area (Å²) in [5.41, 5.74) is 1.36. The van der Waals surface area contributed by atoms with Crippen LogP contribution in [-0.2, 0) is 11.3 Å². The highest BCUT2D eigenvalue weighted by atomic mass is 32.1. The zero-order valence-electron chi connectivity index (χ0n) is 15.8. The highest BCUT2D eigenvalue weighted by Gasteiger charge is 2.59. The van der Waals surface area contributed by atoms with Gasteiger partial charge in [0, 0.05) is 44.1 Å². The fourth-order valence-corrected chi connectivity index (χ4v) is 4.61. The standard InChI is InChI=1S/C18H31N5OS/c1-5-19-16(20-11-13-12-25-17(21-13)23(3)4)22-14-10-15(24-6-2)18(14)8-7-9-18/h12,14-15H,5-11H2,1-4H3,(H2,19,20,22). The van der Waals surface area contributed by atoms with Gasteiger partial charge < -0.3 is 20.3 Å². The van der Waals surface area contributed by atoms with E-state index in [0.29, 0.717) is 24.1 Å². The molecular weight excluding hydrogens is 334 g/mol. The number of nitrogens with one attached hydrogen (secondary N) is 2. The van der Waals surface area contributed by atoms with Gasteiger partial charge in [-0.15, -0.1) is 11.3 Å². The summed E-state index contributed by atoms with van der Waals surface area (Å²) in [5.74, 6) is 0.896. The Kier molecular flexibility index (Phi) is 5.84. The van der Waals surface area contributed by atoms with Crippen molar-refractivity contribution in [2.75, 3.05) is 32.1 Å². The summed E-state index contributed by atoms with van der Waals surface area (Å²) in [5, 5.41) is 10.1. The van der Waals surface area contributed by atoms with Gasteiger partial charge in [0.1, 0.15) is 0 Å². The van der Waals surface area contributed by atoms with Gasteiger partial charge in [0.25, 0.3) is 0 Å². The van der Waals surface area contributed by atoms with Crippen molar-refractivity contribution in [3.8, 4) is 0 Å². The summed E-state index contributed by atoms with van der Waals surface area (Å²) in [4.78, 5) is 11.4. The second-order valence-electron chi connectivity index (χ2n) is 7.17. The molecule has 0 bridgehead atoms. The Morgan fingerprint density at radius 2 is 2.24 bits per heavy atom. The van der Waals surface area contributed by atoms with Gasteiger partial charge in [-0.3, -0.25) is 0 Å². The molecule has 0 radical (unpaired) electrons. The lowest BCUT2D eigenvalue weighted by Gasteiger charge is -2.61. The molecule has 2 aliphatic carbocycles. The van der Waals surface area contributed by atoms with Crippen LogP contribution in [0.15, 0.2) is 10.4 Å². The van der Waals surface area contributed by atoms with Crippen LogP contribution in [0, 0.1) is 5.41 Å². The van der Waals surface area contributed by atoms with Crippen LogP contribution >= 0.6 is 11.3 Å². The van der Waals surface area contributed by atoms with E-state index in [2.05, 4.69) is 34.8 Å². The van der Waals surface area contributed by atoms with E-state index in [-0.39, 0.29) is 0 Å². The molecule has 0 amide bonds. The fraction of sp³-hybridized carbons (Fsp3) is 0.778. The highest BCUT2D eigenvalue weighted by molar-refractivity contribution is 7.13. The summed E-state index contributed by atoms with van der Waals surface area (Å²) >= 11 is 1.66. The first-order valence-corrected chi connectivity index (χ1v) is 10.2. The monoisotopic (exact) mass is 365 g/mol. The Bertz CT molecular complexity index is 596. The van der Waals surface area contributed by atoms with Crippen molar-refractivity contribution in [2.24, 2.45) is 10.4 Å². The van der Waals surface area contributed by atoms with Gasteiger partial charge in [0.05, 0.1) is 18.3 Å². The number of anilines is 1. The number of aromatic nitrogens is 1. The maximum atomic E-state index is 5.95. The number of ether oxygens (including phenoxy) is 1. The van der Waals surface area contributed by atoms with Crippen molar-refractivity contribution in [2.45, 2.75) is 58.2 Å². The van der Waals surface area contributed by atoms with Crippen LogP contribution in [0.5, 0.6) is 0 Å². The molecule has 1 heterocycles. The largest absolute Gasteiger partial charge is 0.378 e. The van der Waals surface area contributed by atoms with Gasteiger partial charge in [-0.25, -0.2) is 9.98 Å². The Morgan fingerprint density at radius 1 is 1.44 bits per heavy atom. The smallest absolute Gasteiger partial charge is 0.191 e. The predicted molar refractivity (Wildman–Crippen MR) is 104 cm³/mol. The summed E-state index contributed by atoms with van der Waals surface area (Å²) in [7, 11) is 4.03. The normalized spacial score (nSPS) is 24.6. The van der Waals surface area contributed by atoms with Crippen molar-refractivity contribution < 1.29 is 4.74 Å². The van der Waals surface area contributed by atoms with Crippen LogP contribution in [0.25, 0.3) is 0 Å². The van der Waals surface area contributed by atoms with E-state index in [1.807, 2.05) is 19.0 Å². The first-order valence-electron chi connectivity index (χ1n) is 9.37. The maximum Gasteiger partial charge on any atom is 0.191 e. The quantitative estimate of drug-likeness (QED) is 0.574. The van der Waals surface area contributed by atoms with E-state index in [1.54, 1.807) is 11.3 Å². The summed E-state index contributed by atoms with van der Waals surface area (Å²) < 4.78 is 5.95. The molecule has 0 saturated heterocycles. The molecule has 2 N–H and O–H groups in total. The molecule has 3 rings (SSSR count). The molecule has 2 unspecified atom stereocenters. The lowest BCUT2D eigenvalue weighted by Crippen LogP contribution is -2.68. The molecule has 1 aromatic rings. The number of rotatable bonds is 7. The number of guanidine groups is 1. The van der Waals surface area contributed by atoms with E-state index in [4.69, 9.17) is 9.73 Å². The van der Waals surface area contributed by atoms with Gasteiger partial charge in [0.15, 0.2) is 11.1 Å². The molecule has 6 nitrogen and oxygen atoms in total. The molecule has 2 aliphatic rings. The van der Waals surface area contributed by atoms with E-state index in [9.17, 15) is 0 Å². The van der Waals surface area contributed by atoms with Gasteiger partial charge in [-0.2, -0.15) is 0 Å². The SMILES string of the molecule is CCNC(=NCc1csc(N(C)C)n1)NC1CC(OCC)C12CCC2. The molecule has 0 aromatic carbocycles. The van der Waals surface area contributed by atoms with Crippen molar-refractivity contribution in [1.82, 2.24) is 15.6 Å². The maximum absolute atomic E-state index is 5.95. The number of nitrogens with zero attached hydrogens (tertiary/aromatic N) is 3. The Labute approximate surface area is 155 Å². The van der Waals surface area contributed by atoms with Crippen LogP contribution in [0.3, 0.4) is 0 Å². The molecule has 2 saturated carbocycles. The Morgan fingerprint density at radius 3 is 2.80 bits per heavy atom. The van der Waals surface area contributed by atoms with E-state index < -0.39 is 0 Å². The molecule has 7 heteroatoms. The minimum absolute atomic E-state index is 0.338. The molecule has 0 aliphatic heterocycles. The molecule has 1 aromatic heterocycles. The van der Waals surface area contributed by atoms with E-state index in [0.717, 1.165) is 36.4 Å². The number of hydrogen-bond acceptors (Lipinski definition) is 5. The summed E-state index contributed by atoms with van der Waals surface area (Å²) in [6.07, 6.45) is 5.37. The van der Waals surface area contributed by atoms with Crippen molar-refractivity contribution >= 4 is 22.4 Å².